The number of methoxy groups -OCH3 is 1. The number of ether oxygens (including phenoxy) is 2. The predicted molar refractivity (Wildman–Crippen MR) is 121 cm³/mol. The summed E-state index contributed by atoms with van der Waals surface area (Å²) in [6.45, 7) is 6.58. The van der Waals surface area contributed by atoms with Crippen molar-refractivity contribution < 1.29 is 13.9 Å². The molecule has 0 bridgehead atoms. The van der Waals surface area contributed by atoms with Crippen molar-refractivity contribution in [3.63, 3.8) is 0 Å². The Hall–Kier alpha value is -3.12. The van der Waals surface area contributed by atoms with Crippen LogP contribution in [0.5, 0.6) is 11.6 Å². The van der Waals surface area contributed by atoms with Crippen LogP contribution in [0.15, 0.2) is 40.8 Å². The maximum atomic E-state index is 6.05. The van der Waals surface area contributed by atoms with Crippen molar-refractivity contribution in [2.75, 3.05) is 13.7 Å². The number of aromatic nitrogens is 3. The van der Waals surface area contributed by atoms with Gasteiger partial charge in [-0.05, 0) is 61.2 Å². The Morgan fingerprint density at radius 2 is 1.71 bits per heavy atom. The van der Waals surface area contributed by atoms with Gasteiger partial charge in [0, 0.05) is 17.0 Å². The first-order valence-electron chi connectivity index (χ1n) is 10.2. The van der Waals surface area contributed by atoms with Crippen molar-refractivity contribution in [3.05, 3.63) is 63.9 Å². The summed E-state index contributed by atoms with van der Waals surface area (Å²) < 4.78 is 17.4. The molecule has 31 heavy (non-hydrogen) atoms. The van der Waals surface area contributed by atoms with Gasteiger partial charge in [0.05, 0.1) is 13.7 Å². The molecule has 0 spiro atoms. The number of oxazole rings is 1. The fourth-order valence-corrected chi connectivity index (χ4v) is 3.65. The summed E-state index contributed by atoms with van der Waals surface area (Å²) in [5, 5.41) is 0.692. The van der Waals surface area contributed by atoms with Crippen LogP contribution >= 0.6 is 11.6 Å². The molecule has 160 valence electrons. The molecule has 0 unspecified atom stereocenters. The highest BCUT2D eigenvalue weighted by atomic mass is 35.5. The molecule has 0 aliphatic heterocycles. The molecule has 0 radical (unpaired) electrons. The van der Waals surface area contributed by atoms with Crippen molar-refractivity contribution in [1.82, 2.24) is 15.0 Å². The summed E-state index contributed by atoms with van der Waals surface area (Å²) in [5.41, 5.74) is 4.86. The molecule has 4 aromatic rings. The maximum Gasteiger partial charge on any atom is 0.254 e. The monoisotopic (exact) mass is 437 g/mol. The van der Waals surface area contributed by atoms with Crippen LogP contribution in [-0.4, -0.2) is 28.7 Å². The highest BCUT2D eigenvalue weighted by molar-refractivity contribution is 6.30. The van der Waals surface area contributed by atoms with E-state index < -0.39 is 0 Å². The highest BCUT2D eigenvalue weighted by Gasteiger charge is 2.19. The van der Waals surface area contributed by atoms with Crippen LogP contribution in [0.4, 0.5) is 0 Å². The van der Waals surface area contributed by atoms with Crippen LogP contribution in [0.1, 0.15) is 35.9 Å². The Balaban J connectivity index is 1.77. The van der Waals surface area contributed by atoms with Crippen LogP contribution in [0.2, 0.25) is 5.02 Å². The normalized spacial score (nSPS) is 11.1. The third-order valence-corrected chi connectivity index (χ3v) is 5.15. The molecular formula is C24H24ClN3O3. The van der Waals surface area contributed by atoms with Gasteiger partial charge >= 0.3 is 0 Å². The fourth-order valence-electron chi connectivity index (χ4n) is 3.52. The first kappa shape index (κ1) is 21.1. The van der Waals surface area contributed by atoms with Crippen molar-refractivity contribution >= 4 is 22.8 Å². The van der Waals surface area contributed by atoms with E-state index >= 15 is 0 Å². The summed E-state index contributed by atoms with van der Waals surface area (Å²) in [7, 11) is 1.67. The topological polar surface area (TPSA) is 70.3 Å². The van der Waals surface area contributed by atoms with Gasteiger partial charge in [0.2, 0.25) is 11.8 Å². The second-order valence-corrected chi connectivity index (χ2v) is 7.85. The second kappa shape index (κ2) is 8.94. The zero-order valence-electron chi connectivity index (χ0n) is 18.0. The summed E-state index contributed by atoms with van der Waals surface area (Å²) >= 11 is 6.00. The lowest BCUT2D eigenvalue weighted by atomic mass is 10.1. The Bertz CT molecular complexity index is 1200. The zero-order valence-corrected chi connectivity index (χ0v) is 18.8. The molecule has 6 nitrogen and oxygen atoms in total. The first-order chi connectivity index (χ1) is 15.0. The molecule has 4 rings (SSSR count). The fraction of sp³-hybridized carbons (Fsp3) is 0.292. The first-order valence-corrected chi connectivity index (χ1v) is 10.6. The van der Waals surface area contributed by atoms with Crippen LogP contribution in [0.25, 0.3) is 22.7 Å². The van der Waals surface area contributed by atoms with Gasteiger partial charge in [-0.3, -0.25) is 0 Å². The molecule has 0 fully saturated rings. The summed E-state index contributed by atoms with van der Waals surface area (Å²) in [6, 6.07) is 11.6. The van der Waals surface area contributed by atoms with E-state index in [1.54, 1.807) is 7.11 Å². The maximum absolute atomic E-state index is 6.05. The molecule has 0 atom stereocenters. The summed E-state index contributed by atoms with van der Waals surface area (Å²) in [4.78, 5) is 13.9. The van der Waals surface area contributed by atoms with Gasteiger partial charge in [0.1, 0.15) is 11.6 Å². The number of benzene rings is 2. The Labute approximate surface area is 186 Å². The number of halogens is 1. The van der Waals surface area contributed by atoms with Gasteiger partial charge in [-0.15, -0.1) is 0 Å². The lowest BCUT2D eigenvalue weighted by Gasteiger charge is -2.09. The Morgan fingerprint density at radius 1 is 1.00 bits per heavy atom. The molecular weight excluding hydrogens is 414 g/mol. The molecule has 2 heterocycles. The van der Waals surface area contributed by atoms with Crippen molar-refractivity contribution in [1.29, 1.82) is 0 Å². The Kier molecular flexibility index (Phi) is 6.09. The molecule has 0 saturated carbocycles. The van der Waals surface area contributed by atoms with Gasteiger partial charge in [0.25, 0.3) is 5.71 Å². The number of aryl methyl sites for hydroxylation is 2. The quantitative estimate of drug-likeness (QED) is 0.356. The zero-order chi connectivity index (χ0) is 22.0. The number of hydrogen-bond acceptors (Lipinski definition) is 6. The SMILES string of the molecule is CCCOc1nc(Cc2ccc(Cl)cc2)nc2oc(-c3cc(C)c(OC)c(C)c3)nc12. The Morgan fingerprint density at radius 3 is 2.35 bits per heavy atom. The number of nitrogens with zero attached hydrogens (tertiary/aromatic N) is 3. The minimum atomic E-state index is 0.409. The van der Waals surface area contributed by atoms with E-state index in [9.17, 15) is 0 Å². The van der Waals surface area contributed by atoms with Gasteiger partial charge in [-0.2, -0.15) is 9.97 Å². The lowest BCUT2D eigenvalue weighted by molar-refractivity contribution is 0.307. The van der Waals surface area contributed by atoms with E-state index in [1.165, 1.54) is 0 Å². The average molecular weight is 438 g/mol. The van der Waals surface area contributed by atoms with E-state index in [0.717, 1.165) is 34.4 Å². The third-order valence-electron chi connectivity index (χ3n) is 4.90. The van der Waals surface area contributed by atoms with E-state index in [4.69, 9.17) is 25.5 Å². The molecule has 0 saturated heterocycles. The van der Waals surface area contributed by atoms with Crippen molar-refractivity contribution in [2.45, 2.75) is 33.6 Å². The van der Waals surface area contributed by atoms with Crippen LogP contribution in [0.3, 0.4) is 0 Å². The minimum Gasteiger partial charge on any atom is -0.496 e. The largest absolute Gasteiger partial charge is 0.496 e. The van der Waals surface area contributed by atoms with Crippen molar-refractivity contribution in [3.8, 4) is 23.1 Å². The summed E-state index contributed by atoms with van der Waals surface area (Å²) in [6.07, 6.45) is 1.39. The third kappa shape index (κ3) is 4.49. The lowest BCUT2D eigenvalue weighted by Crippen LogP contribution is -2.03. The number of rotatable bonds is 7. The smallest absolute Gasteiger partial charge is 0.254 e. The van der Waals surface area contributed by atoms with Crippen LogP contribution in [0, 0.1) is 13.8 Å². The molecule has 0 aliphatic carbocycles. The molecule has 7 heteroatoms. The average Bonchev–Trinajstić information content (AvgIpc) is 3.18. The van der Waals surface area contributed by atoms with Gasteiger partial charge in [-0.1, -0.05) is 30.7 Å². The second-order valence-electron chi connectivity index (χ2n) is 7.41. The van der Waals surface area contributed by atoms with Crippen LogP contribution < -0.4 is 9.47 Å². The van der Waals surface area contributed by atoms with E-state index in [1.807, 2.05) is 57.2 Å². The molecule has 2 aromatic heterocycles. The molecule has 0 aliphatic rings. The van der Waals surface area contributed by atoms with Gasteiger partial charge < -0.3 is 13.9 Å². The molecule has 2 aromatic carbocycles. The highest BCUT2D eigenvalue weighted by Crippen LogP contribution is 2.33. The van der Waals surface area contributed by atoms with Crippen LogP contribution in [-0.2, 0) is 6.42 Å². The van der Waals surface area contributed by atoms with E-state index in [0.29, 0.717) is 46.9 Å². The van der Waals surface area contributed by atoms with Crippen molar-refractivity contribution in [2.24, 2.45) is 0 Å². The predicted octanol–water partition coefficient (Wildman–Crippen LogP) is 5.94. The standard InChI is InChI=1S/C24H24ClN3O3/c1-5-10-30-23-20-24(27-19(26-23)13-16-6-8-18(25)9-7-16)31-22(28-20)17-11-14(2)21(29-4)15(3)12-17/h6-9,11-12H,5,10,13H2,1-4H3. The van der Waals surface area contributed by atoms with Gasteiger partial charge in [-0.25, -0.2) is 4.98 Å². The van der Waals surface area contributed by atoms with E-state index in [-0.39, 0.29) is 0 Å². The molecule has 0 N–H and O–H groups in total. The minimum absolute atomic E-state index is 0.409. The van der Waals surface area contributed by atoms with E-state index in [2.05, 4.69) is 15.0 Å². The summed E-state index contributed by atoms with van der Waals surface area (Å²) in [5.74, 6) is 2.37. The number of fused-ring (bicyclic) bond motifs is 1. The van der Waals surface area contributed by atoms with Gasteiger partial charge in [0.15, 0.2) is 5.52 Å². The molecule has 0 amide bonds. The number of hydrogen-bond donors (Lipinski definition) is 0.